The van der Waals surface area contributed by atoms with Gasteiger partial charge in [0.25, 0.3) is 0 Å². The number of amides is 4. The first kappa shape index (κ1) is 31.5. The number of aldehydes is 1. The van der Waals surface area contributed by atoms with Crippen LogP contribution in [0.4, 0.5) is 5.69 Å². The summed E-state index contributed by atoms with van der Waals surface area (Å²) in [6, 6.07) is 14.2. The third-order valence-corrected chi connectivity index (χ3v) is 7.00. The molecule has 1 fully saturated rings. The normalized spacial score (nSPS) is 17.9. The molecule has 0 bridgehead atoms. The van der Waals surface area contributed by atoms with Gasteiger partial charge in [0.2, 0.25) is 23.6 Å². The number of rotatable bonds is 13. The Morgan fingerprint density at radius 3 is 2.27 bits per heavy atom. The molecule has 10 nitrogen and oxygen atoms in total. The summed E-state index contributed by atoms with van der Waals surface area (Å²) in [7, 11) is 0. The minimum Gasteiger partial charge on any atom is -0.372 e. The zero-order valence-corrected chi connectivity index (χ0v) is 24.1. The highest BCUT2D eigenvalue weighted by Gasteiger charge is 2.43. The van der Waals surface area contributed by atoms with E-state index >= 15 is 0 Å². The van der Waals surface area contributed by atoms with E-state index in [0.29, 0.717) is 25.0 Å². The SMILES string of the molecule is CC[C@@H](C=O)NC(=O)[C@@H]1C[C@@H](OCc2ccccc2)CN1C(=O)[C@@H](NC(=O)Cc1ccc(NC(C)=O)cc1)C(C)C. The lowest BCUT2D eigenvalue weighted by molar-refractivity contribution is -0.142. The van der Waals surface area contributed by atoms with Crippen LogP contribution in [0.3, 0.4) is 0 Å². The monoisotopic (exact) mass is 564 g/mol. The third kappa shape index (κ3) is 9.24. The van der Waals surface area contributed by atoms with Crippen molar-refractivity contribution in [3.05, 3.63) is 65.7 Å². The molecule has 3 rings (SSSR count). The van der Waals surface area contributed by atoms with Crippen LogP contribution in [0.1, 0.15) is 51.7 Å². The van der Waals surface area contributed by atoms with Crippen LogP contribution in [0, 0.1) is 5.92 Å². The molecule has 0 radical (unpaired) electrons. The third-order valence-electron chi connectivity index (χ3n) is 7.00. The molecule has 2 aromatic carbocycles. The van der Waals surface area contributed by atoms with Gasteiger partial charge in [-0.1, -0.05) is 63.2 Å². The number of benzene rings is 2. The van der Waals surface area contributed by atoms with Crippen molar-refractivity contribution in [3.63, 3.8) is 0 Å². The lowest BCUT2D eigenvalue weighted by Crippen LogP contribution is -2.56. The van der Waals surface area contributed by atoms with Gasteiger partial charge < -0.3 is 30.4 Å². The van der Waals surface area contributed by atoms with E-state index in [-0.39, 0.29) is 43.0 Å². The summed E-state index contributed by atoms with van der Waals surface area (Å²) in [5, 5.41) is 8.26. The second kappa shape index (κ2) is 15.1. The van der Waals surface area contributed by atoms with Crippen LogP contribution < -0.4 is 16.0 Å². The van der Waals surface area contributed by atoms with Gasteiger partial charge in [0.05, 0.1) is 25.2 Å². The number of carbonyl (C=O) groups excluding carboxylic acids is 5. The smallest absolute Gasteiger partial charge is 0.246 e. The average molecular weight is 565 g/mol. The Morgan fingerprint density at radius 1 is 1.00 bits per heavy atom. The Morgan fingerprint density at radius 2 is 1.68 bits per heavy atom. The van der Waals surface area contributed by atoms with Crippen molar-refractivity contribution in [1.82, 2.24) is 15.5 Å². The van der Waals surface area contributed by atoms with E-state index in [9.17, 15) is 24.0 Å². The second-order valence-corrected chi connectivity index (χ2v) is 10.7. The molecule has 1 saturated heterocycles. The maximum Gasteiger partial charge on any atom is 0.246 e. The second-order valence-electron chi connectivity index (χ2n) is 10.7. The van der Waals surface area contributed by atoms with E-state index in [1.807, 2.05) is 44.2 Å². The molecular formula is C31H40N4O6. The lowest BCUT2D eigenvalue weighted by Gasteiger charge is -2.30. The summed E-state index contributed by atoms with van der Waals surface area (Å²) in [6.45, 7) is 7.39. The van der Waals surface area contributed by atoms with Gasteiger partial charge in [-0.15, -0.1) is 0 Å². The molecule has 3 N–H and O–H groups in total. The van der Waals surface area contributed by atoms with Crippen molar-refractivity contribution >= 4 is 35.6 Å². The summed E-state index contributed by atoms with van der Waals surface area (Å²) >= 11 is 0. The molecule has 4 amide bonds. The molecule has 2 aromatic rings. The predicted octanol–water partition coefficient (Wildman–Crippen LogP) is 2.61. The highest BCUT2D eigenvalue weighted by molar-refractivity contribution is 5.94. The standard InChI is InChI=1S/C31H40N4O6/c1-5-24(18-36)33-30(39)27-16-26(41-19-23-9-7-6-8-10-23)17-35(27)31(40)29(20(2)3)34-28(38)15-22-11-13-25(14-12-22)32-21(4)37/h6-14,18,20,24,26-27,29H,5,15-17,19H2,1-4H3,(H,32,37)(H,33,39)(H,34,38)/t24-,26+,27-,29-/m0/s1. The van der Waals surface area contributed by atoms with Gasteiger partial charge >= 0.3 is 0 Å². The molecule has 1 heterocycles. The molecule has 1 aliphatic heterocycles. The summed E-state index contributed by atoms with van der Waals surface area (Å²) in [6.07, 6.45) is 1.04. The Hall–Kier alpha value is -4.05. The van der Waals surface area contributed by atoms with Crippen LogP contribution in [0.25, 0.3) is 0 Å². The molecule has 0 saturated carbocycles. The van der Waals surface area contributed by atoms with Gasteiger partial charge in [0, 0.05) is 25.6 Å². The van der Waals surface area contributed by atoms with Gasteiger partial charge in [-0.25, -0.2) is 0 Å². The van der Waals surface area contributed by atoms with E-state index < -0.39 is 30.1 Å². The predicted molar refractivity (Wildman–Crippen MR) is 155 cm³/mol. The van der Waals surface area contributed by atoms with Gasteiger partial charge in [0.15, 0.2) is 0 Å². The highest BCUT2D eigenvalue weighted by atomic mass is 16.5. The zero-order chi connectivity index (χ0) is 29.9. The Balaban J connectivity index is 1.72. The van der Waals surface area contributed by atoms with Crippen LogP contribution in [0.2, 0.25) is 0 Å². The number of hydrogen-bond donors (Lipinski definition) is 3. The molecule has 220 valence electrons. The van der Waals surface area contributed by atoms with E-state index in [2.05, 4.69) is 16.0 Å². The Labute approximate surface area is 241 Å². The minimum absolute atomic E-state index is 0.0428. The van der Waals surface area contributed by atoms with Gasteiger partial charge in [-0.2, -0.15) is 0 Å². The summed E-state index contributed by atoms with van der Waals surface area (Å²) in [4.78, 5) is 64.1. The van der Waals surface area contributed by atoms with Gasteiger partial charge in [-0.05, 0) is 35.6 Å². The molecule has 0 aromatic heterocycles. The maximum atomic E-state index is 13.8. The molecule has 41 heavy (non-hydrogen) atoms. The van der Waals surface area contributed by atoms with Crippen LogP contribution >= 0.6 is 0 Å². The van der Waals surface area contributed by atoms with Crippen LogP contribution in [0.15, 0.2) is 54.6 Å². The summed E-state index contributed by atoms with van der Waals surface area (Å²) in [5.41, 5.74) is 2.32. The first-order chi connectivity index (χ1) is 19.6. The quantitative estimate of drug-likeness (QED) is 0.320. The molecule has 0 aliphatic carbocycles. The molecule has 1 aliphatic rings. The van der Waals surface area contributed by atoms with Crippen molar-refractivity contribution in [3.8, 4) is 0 Å². The molecular weight excluding hydrogens is 524 g/mol. The summed E-state index contributed by atoms with van der Waals surface area (Å²) < 4.78 is 6.08. The minimum atomic E-state index is -0.864. The fourth-order valence-electron chi connectivity index (χ4n) is 4.72. The number of carbonyl (C=O) groups is 5. The average Bonchev–Trinajstić information content (AvgIpc) is 3.39. The first-order valence-electron chi connectivity index (χ1n) is 14.0. The zero-order valence-electron chi connectivity index (χ0n) is 24.1. The largest absolute Gasteiger partial charge is 0.372 e. The first-order valence-corrected chi connectivity index (χ1v) is 14.0. The molecule has 4 atom stereocenters. The van der Waals surface area contributed by atoms with Crippen molar-refractivity contribution < 1.29 is 28.7 Å². The summed E-state index contributed by atoms with van der Waals surface area (Å²) in [5.74, 6) is -1.57. The number of nitrogens with zero attached hydrogens (tertiary/aromatic N) is 1. The van der Waals surface area contributed by atoms with Gasteiger partial charge in [-0.3, -0.25) is 19.2 Å². The number of nitrogens with one attached hydrogen (secondary N) is 3. The van der Waals surface area contributed by atoms with Gasteiger partial charge in [0.1, 0.15) is 18.4 Å². The maximum absolute atomic E-state index is 13.8. The lowest BCUT2D eigenvalue weighted by atomic mass is 10.0. The fraction of sp³-hybridized carbons (Fsp3) is 0.452. The number of ether oxygens (including phenoxy) is 1. The van der Waals surface area contributed by atoms with E-state index in [1.165, 1.54) is 11.8 Å². The highest BCUT2D eigenvalue weighted by Crippen LogP contribution is 2.24. The van der Waals surface area contributed by atoms with Crippen molar-refractivity contribution in [2.75, 3.05) is 11.9 Å². The number of anilines is 1. The Bertz CT molecular complexity index is 1200. The van der Waals surface area contributed by atoms with Crippen LogP contribution in [-0.4, -0.2) is 65.6 Å². The Kier molecular flexibility index (Phi) is 11.6. The molecule has 0 spiro atoms. The molecule has 0 unspecified atom stereocenters. The van der Waals surface area contributed by atoms with E-state index in [4.69, 9.17) is 4.74 Å². The van der Waals surface area contributed by atoms with E-state index in [0.717, 1.165) is 11.1 Å². The van der Waals surface area contributed by atoms with Crippen LogP contribution in [0.5, 0.6) is 0 Å². The number of hydrogen-bond acceptors (Lipinski definition) is 6. The van der Waals surface area contributed by atoms with E-state index in [1.54, 1.807) is 31.2 Å². The topological polar surface area (TPSA) is 134 Å². The van der Waals surface area contributed by atoms with Crippen LogP contribution in [-0.2, 0) is 41.7 Å². The number of likely N-dealkylation sites (tertiary alicyclic amines) is 1. The van der Waals surface area contributed by atoms with Crippen molar-refractivity contribution in [1.29, 1.82) is 0 Å². The molecule has 10 heteroatoms. The van der Waals surface area contributed by atoms with Crippen molar-refractivity contribution in [2.24, 2.45) is 5.92 Å². The fourth-order valence-corrected chi connectivity index (χ4v) is 4.72. The van der Waals surface area contributed by atoms with Crippen molar-refractivity contribution in [2.45, 2.75) is 77.8 Å².